The van der Waals surface area contributed by atoms with Gasteiger partial charge in [0.05, 0.1) is 18.3 Å². The molecule has 1 unspecified atom stereocenters. The van der Waals surface area contributed by atoms with E-state index < -0.39 is 13.0 Å². The number of aliphatic imine (C=N–C) groups is 1. The molecule has 1 aliphatic rings. The molecule has 3 N–H and O–H groups in total. The first-order chi connectivity index (χ1) is 12.4. The summed E-state index contributed by atoms with van der Waals surface area (Å²) in [5.41, 5.74) is 2.73. The molecule has 2 rings (SSSR count). The fourth-order valence-electron chi connectivity index (χ4n) is 2.47. The number of hydrogen-bond donors (Lipinski definition) is 3. The maximum atomic E-state index is 12.2. The van der Waals surface area contributed by atoms with E-state index in [2.05, 4.69) is 27.2 Å². The predicted octanol–water partition coefficient (Wildman–Crippen LogP) is 2.64. The predicted molar refractivity (Wildman–Crippen MR) is 96.6 cm³/mol. The molecule has 1 aromatic heterocycles. The number of likely N-dealkylation sites (N-methyl/N-ethyl adjacent to an activating group) is 1. The van der Waals surface area contributed by atoms with Crippen molar-refractivity contribution < 1.29 is 18.6 Å². The number of dihydropyridines is 1. The molecule has 6 nitrogen and oxygen atoms in total. The van der Waals surface area contributed by atoms with Crippen LogP contribution >= 0.6 is 0 Å². The third kappa shape index (κ3) is 5.13. The van der Waals surface area contributed by atoms with E-state index in [0.717, 1.165) is 11.1 Å². The van der Waals surface area contributed by atoms with Gasteiger partial charge in [0.25, 0.3) is 6.43 Å². The molecule has 0 amide bonds. The number of pyridine rings is 1. The van der Waals surface area contributed by atoms with Crippen LogP contribution in [0.25, 0.3) is 0 Å². The van der Waals surface area contributed by atoms with Crippen molar-refractivity contribution in [1.29, 1.82) is 0 Å². The lowest BCUT2D eigenvalue weighted by atomic mass is 10.0. The van der Waals surface area contributed by atoms with Crippen molar-refractivity contribution in [1.82, 2.24) is 15.6 Å². The van der Waals surface area contributed by atoms with Crippen LogP contribution in [0.2, 0.25) is 0 Å². The first-order valence-corrected chi connectivity index (χ1v) is 8.01. The second-order valence-electron chi connectivity index (χ2n) is 5.68. The monoisotopic (exact) mass is 364 g/mol. The SMILES string of the molecule is C=C(O)C1=C(C=NCc2cnc(OCC(F)F)c(C)c2)C(NC)C=CN1. The molecule has 0 saturated heterocycles. The van der Waals surface area contributed by atoms with Gasteiger partial charge in [-0.2, -0.15) is 0 Å². The Hall–Kier alpha value is -2.74. The summed E-state index contributed by atoms with van der Waals surface area (Å²) in [5.74, 6) is 0.116. The number of aryl methyl sites for hydroxylation is 1. The molecule has 26 heavy (non-hydrogen) atoms. The second kappa shape index (κ2) is 9.10. The quantitative estimate of drug-likeness (QED) is 0.488. The minimum Gasteiger partial charge on any atom is -0.506 e. The zero-order valence-electron chi connectivity index (χ0n) is 14.7. The van der Waals surface area contributed by atoms with E-state index in [1.165, 1.54) is 0 Å². The number of aliphatic hydroxyl groups is 1. The summed E-state index contributed by atoms with van der Waals surface area (Å²) in [4.78, 5) is 8.45. The Morgan fingerprint density at radius 3 is 2.96 bits per heavy atom. The van der Waals surface area contributed by atoms with Crippen molar-refractivity contribution in [2.75, 3.05) is 13.7 Å². The number of alkyl halides is 2. The van der Waals surface area contributed by atoms with Crippen molar-refractivity contribution in [2.45, 2.75) is 25.9 Å². The third-order valence-electron chi connectivity index (χ3n) is 3.68. The van der Waals surface area contributed by atoms with Gasteiger partial charge in [0.2, 0.25) is 5.88 Å². The highest BCUT2D eigenvalue weighted by Crippen LogP contribution is 2.18. The van der Waals surface area contributed by atoms with Gasteiger partial charge in [-0.05, 0) is 37.9 Å². The minimum absolute atomic E-state index is 0.0749. The molecule has 140 valence electrons. The van der Waals surface area contributed by atoms with Gasteiger partial charge in [0, 0.05) is 23.5 Å². The van der Waals surface area contributed by atoms with E-state index >= 15 is 0 Å². The van der Waals surface area contributed by atoms with Crippen LogP contribution in [0.15, 0.2) is 53.1 Å². The van der Waals surface area contributed by atoms with Crippen molar-refractivity contribution in [3.63, 3.8) is 0 Å². The zero-order chi connectivity index (χ0) is 19.1. The van der Waals surface area contributed by atoms with Crippen LogP contribution in [-0.2, 0) is 6.54 Å². The average molecular weight is 364 g/mol. The Morgan fingerprint density at radius 2 is 2.35 bits per heavy atom. The summed E-state index contributed by atoms with van der Waals surface area (Å²) in [5, 5.41) is 15.8. The van der Waals surface area contributed by atoms with Crippen LogP contribution in [0.5, 0.6) is 5.88 Å². The Kier molecular flexibility index (Phi) is 6.85. The minimum atomic E-state index is -2.54. The molecule has 1 atom stereocenters. The fourth-order valence-corrected chi connectivity index (χ4v) is 2.47. The van der Waals surface area contributed by atoms with Gasteiger partial charge in [-0.1, -0.05) is 6.58 Å². The van der Waals surface area contributed by atoms with Crippen LogP contribution in [-0.4, -0.2) is 42.4 Å². The Bertz CT molecular complexity index is 745. The number of rotatable bonds is 8. The van der Waals surface area contributed by atoms with Crippen LogP contribution in [0.3, 0.4) is 0 Å². The number of aliphatic hydroxyl groups excluding tert-OH is 1. The Balaban J connectivity index is 2.09. The molecule has 0 aliphatic carbocycles. The number of halogens is 2. The van der Waals surface area contributed by atoms with Crippen molar-refractivity contribution in [2.24, 2.45) is 4.99 Å². The molecule has 1 aromatic rings. The highest BCUT2D eigenvalue weighted by Gasteiger charge is 2.18. The summed E-state index contributed by atoms with van der Waals surface area (Å²) in [6.45, 7) is 4.95. The van der Waals surface area contributed by atoms with Crippen LogP contribution < -0.4 is 15.4 Å². The lowest BCUT2D eigenvalue weighted by Gasteiger charge is -2.22. The van der Waals surface area contributed by atoms with Crippen molar-refractivity contribution in [3.05, 3.63) is 59.3 Å². The smallest absolute Gasteiger partial charge is 0.272 e. The van der Waals surface area contributed by atoms with E-state index in [1.807, 2.05) is 6.08 Å². The number of nitrogens with one attached hydrogen (secondary N) is 2. The van der Waals surface area contributed by atoms with Gasteiger partial charge in [0.1, 0.15) is 5.76 Å². The molecular weight excluding hydrogens is 342 g/mol. The Morgan fingerprint density at radius 1 is 1.58 bits per heavy atom. The topological polar surface area (TPSA) is 78.8 Å². The Labute approximate surface area is 151 Å². The van der Waals surface area contributed by atoms with E-state index in [0.29, 0.717) is 17.8 Å². The van der Waals surface area contributed by atoms with E-state index in [1.54, 1.807) is 38.6 Å². The summed E-state index contributed by atoms with van der Waals surface area (Å²) in [6, 6.07) is 1.68. The summed E-state index contributed by atoms with van der Waals surface area (Å²) < 4.78 is 29.4. The van der Waals surface area contributed by atoms with E-state index in [-0.39, 0.29) is 17.7 Å². The fraction of sp³-hybridized carbons (Fsp3) is 0.333. The average Bonchev–Trinajstić information content (AvgIpc) is 2.60. The normalized spacial score (nSPS) is 17.0. The molecule has 0 spiro atoms. The van der Waals surface area contributed by atoms with E-state index in [4.69, 9.17) is 4.74 Å². The van der Waals surface area contributed by atoms with Crippen LogP contribution in [0.1, 0.15) is 11.1 Å². The van der Waals surface area contributed by atoms with Gasteiger partial charge < -0.3 is 20.5 Å². The number of aromatic nitrogens is 1. The number of hydrogen-bond acceptors (Lipinski definition) is 6. The number of ether oxygens (including phenoxy) is 1. The lowest BCUT2D eigenvalue weighted by Crippen LogP contribution is -2.33. The summed E-state index contributed by atoms with van der Waals surface area (Å²) in [6.07, 6.45) is 4.28. The molecule has 2 heterocycles. The number of nitrogens with zero attached hydrogens (tertiary/aromatic N) is 2. The first kappa shape index (κ1) is 19.6. The van der Waals surface area contributed by atoms with Crippen LogP contribution in [0, 0.1) is 6.92 Å². The molecule has 8 heteroatoms. The van der Waals surface area contributed by atoms with Crippen molar-refractivity contribution >= 4 is 6.21 Å². The largest absolute Gasteiger partial charge is 0.506 e. The van der Waals surface area contributed by atoms with Crippen molar-refractivity contribution in [3.8, 4) is 5.88 Å². The standard InChI is InChI=1S/C18H22F2N4O2/c1-11-6-13(8-24-18(11)26-10-16(19)20)7-22-9-14-15(21-3)4-5-23-17(14)12(2)25/h4-6,8-9,15-16,21,23,25H,2,7,10H2,1,3H3. The first-order valence-electron chi connectivity index (χ1n) is 8.01. The molecule has 0 fully saturated rings. The molecular formula is C18H22F2N4O2. The van der Waals surface area contributed by atoms with E-state index in [9.17, 15) is 13.9 Å². The summed E-state index contributed by atoms with van der Waals surface area (Å²) >= 11 is 0. The molecule has 0 saturated carbocycles. The molecule has 0 radical (unpaired) electrons. The maximum absolute atomic E-state index is 12.2. The molecule has 0 bridgehead atoms. The zero-order valence-corrected chi connectivity index (χ0v) is 14.7. The van der Waals surface area contributed by atoms with Crippen LogP contribution in [0.4, 0.5) is 8.78 Å². The van der Waals surface area contributed by atoms with Gasteiger partial charge in [0.15, 0.2) is 6.61 Å². The highest BCUT2D eigenvalue weighted by atomic mass is 19.3. The second-order valence-corrected chi connectivity index (χ2v) is 5.68. The van der Waals surface area contributed by atoms with Gasteiger partial charge >= 0.3 is 0 Å². The summed E-state index contributed by atoms with van der Waals surface area (Å²) in [7, 11) is 1.80. The molecule has 1 aliphatic heterocycles. The third-order valence-corrected chi connectivity index (χ3v) is 3.68. The van der Waals surface area contributed by atoms with Gasteiger partial charge in [-0.3, -0.25) is 4.99 Å². The van der Waals surface area contributed by atoms with Gasteiger partial charge in [-0.25, -0.2) is 13.8 Å². The van der Waals surface area contributed by atoms with Gasteiger partial charge in [-0.15, -0.1) is 0 Å². The maximum Gasteiger partial charge on any atom is 0.272 e. The lowest BCUT2D eigenvalue weighted by molar-refractivity contribution is 0.0792. The molecule has 0 aromatic carbocycles. The highest BCUT2D eigenvalue weighted by molar-refractivity contribution is 5.83.